The van der Waals surface area contributed by atoms with E-state index in [0.717, 1.165) is 5.56 Å². The summed E-state index contributed by atoms with van der Waals surface area (Å²) in [6.45, 7) is 0.312. The summed E-state index contributed by atoms with van der Waals surface area (Å²) in [6.07, 6.45) is 1.36. The minimum atomic E-state index is -3.99. The normalized spacial score (nSPS) is 11.5. The molecule has 0 aliphatic heterocycles. The minimum Gasteiger partial charge on any atom is -0.246 e. The third kappa shape index (κ3) is 4.28. The first kappa shape index (κ1) is 17.7. The van der Waals surface area contributed by atoms with Gasteiger partial charge in [0.2, 0.25) is 0 Å². The van der Waals surface area contributed by atoms with Crippen LogP contribution >= 0.6 is 23.2 Å². The monoisotopic (exact) mass is 400 g/mol. The molecule has 0 amide bonds. The van der Waals surface area contributed by atoms with Crippen molar-refractivity contribution in [1.82, 2.24) is 14.8 Å². The topological polar surface area (TPSA) is 76.9 Å². The van der Waals surface area contributed by atoms with Crippen LogP contribution < -0.4 is 4.72 Å². The summed E-state index contributed by atoms with van der Waals surface area (Å²) in [4.78, 5) is 3.73. The van der Waals surface area contributed by atoms with Crippen molar-refractivity contribution >= 4 is 39.2 Å². The van der Waals surface area contributed by atoms with Crippen LogP contribution in [0, 0.1) is 5.82 Å². The zero-order valence-corrected chi connectivity index (χ0v) is 14.9. The lowest BCUT2D eigenvalue weighted by Crippen LogP contribution is -2.15. The van der Waals surface area contributed by atoms with Gasteiger partial charge in [-0.3, -0.25) is 0 Å². The molecular formula is C15H11Cl2FN4O2S. The van der Waals surface area contributed by atoms with E-state index in [1.807, 2.05) is 0 Å². The van der Waals surface area contributed by atoms with Crippen LogP contribution in [0.15, 0.2) is 53.7 Å². The standard InChI is InChI=1S/C15H11Cl2FN4O2S/c16-11-3-6-13(17)14(7-11)25(23,24)21-15-19-9-22(20-15)8-10-1-4-12(18)5-2-10/h1-7,9H,8H2,(H,20,21). The van der Waals surface area contributed by atoms with Crippen LogP contribution in [-0.2, 0) is 16.6 Å². The quantitative estimate of drug-likeness (QED) is 0.709. The summed E-state index contributed by atoms with van der Waals surface area (Å²) in [5, 5.41) is 4.30. The average Bonchev–Trinajstić information content (AvgIpc) is 2.98. The molecule has 0 unspecified atom stereocenters. The van der Waals surface area contributed by atoms with Crippen molar-refractivity contribution < 1.29 is 12.8 Å². The summed E-state index contributed by atoms with van der Waals surface area (Å²) in [5.74, 6) is -0.452. The molecule has 3 aromatic rings. The van der Waals surface area contributed by atoms with Crippen LogP contribution in [0.4, 0.5) is 10.3 Å². The predicted molar refractivity (Wildman–Crippen MR) is 92.8 cm³/mol. The Morgan fingerprint density at radius 2 is 1.84 bits per heavy atom. The van der Waals surface area contributed by atoms with Gasteiger partial charge >= 0.3 is 0 Å². The lowest BCUT2D eigenvalue weighted by molar-refractivity contribution is 0.600. The first-order chi connectivity index (χ1) is 11.8. The highest BCUT2D eigenvalue weighted by Crippen LogP contribution is 2.26. The molecule has 1 heterocycles. The summed E-state index contributed by atoms with van der Waals surface area (Å²) in [6, 6.07) is 9.98. The Morgan fingerprint density at radius 1 is 1.12 bits per heavy atom. The Balaban J connectivity index is 1.78. The van der Waals surface area contributed by atoms with E-state index in [9.17, 15) is 12.8 Å². The van der Waals surface area contributed by atoms with Gasteiger partial charge in [-0.2, -0.15) is 4.98 Å². The lowest BCUT2D eigenvalue weighted by atomic mass is 10.2. The smallest absolute Gasteiger partial charge is 0.246 e. The summed E-state index contributed by atoms with van der Waals surface area (Å²) in [7, 11) is -3.99. The second-order valence-electron chi connectivity index (χ2n) is 5.07. The number of hydrogen-bond donors (Lipinski definition) is 1. The molecular weight excluding hydrogens is 390 g/mol. The Bertz CT molecular complexity index is 1010. The van der Waals surface area contributed by atoms with Gasteiger partial charge in [0.1, 0.15) is 17.0 Å². The number of anilines is 1. The van der Waals surface area contributed by atoms with Crippen molar-refractivity contribution in [3.8, 4) is 0 Å². The average molecular weight is 401 g/mol. The van der Waals surface area contributed by atoms with E-state index in [1.165, 1.54) is 41.3 Å². The van der Waals surface area contributed by atoms with Crippen LogP contribution in [0.3, 0.4) is 0 Å². The number of nitrogens with zero attached hydrogens (tertiary/aromatic N) is 3. The van der Waals surface area contributed by atoms with E-state index in [4.69, 9.17) is 23.2 Å². The van der Waals surface area contributed by atoms with E-state index >= 15 is 0 Å². The molecule has 25 heavy (non-hydrogen) atoms. The molecule has 0 bridgehead atoms. The van der Waals surface area contributed by atoms with Crippen LogP contribution in [0.1, 0.15) is 5.56 Å². The largest absolute Gasteiger partial charge is 0.265 e. The van der Waals surface area contributed by atoms with Gasteiger partial charge in [0.15, 0.2) is 0 Å². The van der Waals surface area contributed by atoms with Gasteiger partial charge < -0.3 is 0 Å². The maximum absolute atomic E-state index is 12.9. The molecule has 2 aromatic carbocycles. The molecule has 0 saturated carbocycles. The first-order valence-electron chi connectivity index (χ1n) is 6.95. The number of aromatic nitrogens is 3. The number of benzene rings is 2. The molecule has 0 atom stereocenters. The second kappa shape index (κ2) is 6.99. The molecule has 0 saturated heterocycles. The van der Waals surface area contributed by atoms with Gasteiger partial charge in [0.25, 0.3) is 16.0 Å². The zero-order chi connectivity index (χ0) is 18.0. The molecule has 1 aromatic heterocycles. The van der Waals surface area contributed by atoms with Gasteiger partial charge in [-0.05, 0) is 35.9 Å². The van der Waals surface area contributed by atoms with Gasteiger partial charge in [0, 0.05) is 5.02 Å². The maximum atomic E-state index is 12.9. The Morgan fingerprint density at radius 3 is 2.56 bits per heavy atom. The van der Waals surface area contributed by atoms with Crippen molar-refractivity contribution in [3.05, 3.63) is 70.2 Å². The number of sulfonamides is 1. The molecule has 130 valence electrons. The van der Waals surface area contributed by atoms with Gasteiger partial charge in [0.05, 0.1) is 11.6 Å². The van der Waals surface area contributed by atoms with E-state index in [0.29, 0.717) is 6.54 Å². The molecule has 3 rings (SSSR count). The molecule has 0 fully saturated rings. The highest BCUT2D eigenvalue weighted by molar-refractivity contribution is 7.92. The first-order valence-corrected chi connectivity index (χ1v) is 9.19. The SMILES string of the molecule is O=S(=O)(Nc1ncn(Cc2ccc(F)cc2)n1)c1cc(Cl)ccc1Cl. The summed E-state index contributed by atoms with van der Waals surface area (Å²) < 4.78 is 41.4. The molecule has 6 nitrogen and oxygen atoms in total. The van der Waals surface area contributed by atoms with Crippen LogP contribution in [0.2, 0.25) is 10.0 Å². The summed E-state index contributed by atoms with van der Waals surface area (Å²) >= 11 is 11.7. The third-order valence-corrected chi connectivity index (χ3v) is 5.25. The molecule has 0 spiro atoms. The maximum Gasteiger partial charge on any atom is 0.265 e. The number of halogens is 3. The fraction of sp³-hybridized carbons (Fsp3) is 0.0667. The third-order valence-electron chi connectivity index (χ3n) is 3.20. The van der Waals surface area contributed by atoms with E-state index in [1.54, 1.807) is 12.1 Å². The van der Waals surface area contributed by atoms with Crippen molar-refractivity contribution in [3.63, 3.8) is 0 Å². The van der Waals surface area contributed by atoms with Crippen LogP contribution in [-0.4, -0.2) is 23.2 Å². The molecule has 0 radical (unpaired) electrons. The fourth-order valence-electron chi connectivity index (χ4n) is 2.05. The zero-order valence-electron chi connectivity index (χ0n) is 12.5. The Kier molecular flexibility index (Phi) is 4.94. The van der Waals surface area contributed by atoms with Gasteiger partial charge in [-0.1, -0.05) is 35.3 Å². The number of nitrogens with one attached hydrogen (secondary N) is 1. The van der Waals surface area contributed by atoms with Crippen LogP contribution in [0.25, 0.3) is 0 Å². The number of hydrogen-bond acceptors (Lipinski definition) is 4. The highest BCUT2D eigenvalue weighted by atomic mass is 35.5. The molecule has 1 N–H and O–H groups in total. The molecule has 0 aliphatic rings. The van der Waals surface area contributed by atoms with E-state index < -0.39 is 10.0 Å². The predicted octanol–water partition coefficient (Wildman–Crippen LogP) is 3.57. The van der Waals surface area contributed by atoms with Gasteiger partial charge in [-0.15, -0.1) is 5.10 Å². The Hall–Kier alpha value is -2.16. The molecule has 0 aliphatic carbocycles. The van der Waals surface area contributed by atoms with Crippen LogP contribution in [0.5, 0.6) is 0 Å². The molecule has 10 heteroatoms. The second-order valence-corrected chi connectivity index (χ2v) is 7.57. The highest BCUT2D eigenvalue weighted by Gasteiger charge is 2.20. The van der Waals surface area contributed by atoms with E-state index in [-0.39, 0.29) is 26.7 Å². The summed E-state index contributed by atoms with van der Waals surface area (Å²) in [5.41, 5.74) is 0.790. The van der Waals surface area contributed by atoms with Crippen molar-refractivity contribution in [2.75, 3.05) is 4.72 Å². The van der Waals surface area contributed by atoms with Crippen molar-refractivity contribution in [2.45, 2.75) is 11.4 Å². The fourth-order valence-corrected chi connectivity index (χ4v) is 3.76. The number of rotatable bonds is 5. The van der Waals surface area contributed by atoms with Gasteiger partial charge in [-0.25, -0.2) is 22.2 Å². The lowest BCUT2D eigenvalue weighted by Gasteiger charge is -2.07. The Labute approximate surface area is 153 Å². The minimum absolute atomic E-state index is 0.0302. The van der Waals surface area contributed by atoms with E-state index in [2.05, 4.69) is 14.8 Å². The van der Waals surface area contributed by atoms with Crippen molar-refractivity contribution in [2.24, 2.45) is 0 Å². The van der Waals surface area contributed by atoms with Crippen molar-refractivity contribution in [1.29, 1.82) is 0 Å².